The smallest absolute Gasteiger partial charge is 0.173 e. The highest BCUT2D eigenvalue weighted by Gasteiger charge is 2.29. The molecular weight excluding hydrogens is 383 g/mol. The zero-order valence-electron chi connectivity index (χ0n) is 14.1. The van der Waals surface area contributed by atoms with Gasteiger partial charge in [0.15, 0.2) is 5.17 Å². The van der Waals surface area contributed by atoms with Gasteiger partial charge in [-0.2, -0.15) is 0 Å². The maximum Gasteiger partial charge on any atom is 0.173 e. The van der Waals surface area contributed by atoms with Gasteiger partial charge in [-0.3, -0.25) is 0 Å². The number of hydrogen-bond acceptors (Lipinski definition) is 3. The molecular formula is C21H16Cl2N2S. The second-order valence-electron chi connectivity index (χ2n) is 6.12. The molecule has 5 heteroatoms. The van der Waals surface area contributed by atoms with Crippen LogP contribution in [-0.2, 0) is 0 Å². The Hall–Kier alpha value is -1.94. The van der Waals surface area contributed by atoms with Crippen LogP contribution in [0, 0.1) is 0 Å². The number of benzene rings is 2. The lowest BCUT2D eigenvalue weighted by Crippen LogP contribution is -2.27. The van der Waals surface area contributed by atoms with Crippen LogP contribution in [0.15, 0.2) is 82.5 Å². The highest BCUT2D eigenvalue weighted by molar-refractivity contribution is 8.17. The Labute approximate surface area is 167 Å². The molecule has 4 rings (SSSR count). The average molecular weight is 399 g/mol. The molecule has 2 aromatic rings. The number of aliphatic imine (C=N–C) groups is 1. The summed E-state index contributed by atoms with van der Waals surface area (Å²) in [6, 6.07) is 15.9. The Kier molecular flexibility index (Phi) is 4.94. The summed E-state index contributed by atoms with van der Waals surface area (Å²) in [6.07, 6.45) is 8.43. The number of fused-ring (bicyclic) bond motifs is 1. The van der Waals surface area contributed by atoms with Crippen LogP contribution in [0.2, 0.25) is 10.0 Å². The predicted octanol–water partition coefficient (Wildman–Crippen LogP) is 6.91. The van der Waals surface area contributed by atoms with Gasteiger partial charge >= 0.3 is 0 Å². The lowest BCUT2D eigenvalue weighted by atomic mass is 10.0. The first-order valence-electron chi connectivity index (χ1n) is 8.23. The van der Waals surface area contributed by atoms with Crippen molar-refractivity contribution in [1.82, 2.24) is 4.90 Å². The third-order valence-electron chi connectivity index (χ3n) is 4.18. The van der Waals surface area contributed by atoms with Gasteiger partial charge in [0, 0.05) is 21.2 Å². The van der Waals surface area contributed by atoms with Gasteiger partial charge in [-0.05, 0) is 54.5 Å². The van der Waals surface area contributed by atoms with Crippen molar-refractivity contribution >= 4 is 46.2 Å². The van der Waals surface area contributed by atoms with E-state index in [2.05, 4.69) is 42.3 Å². The fourth-order valence-corrected chi connectivity index (χ4v) is 4.04. The minimum Gasteiger partial charge on any atom is -0.315 e. The maximum atomic E-state index is 6.05. The summed E-state index contributed by atoms with van der Waals surface area (Å²) in [7, 11) is 0. The molecule has 0 aliphatic carbocycles. The van der Waals surface area contributed by atoms with Gasteiger partial charge in [-0.1, -0.05) is 65.3 Å². The molecule has 1 atom stereocenters. The van der Waals surface area contributed by atoms with Crippen molar-refractivity contribution in [1.29, 1.82) is 0 Å². The SMILES string of the molecule is CC1=CN2C(=NC(/C=C/c3ccc(Cl)cc3)=CC2c2ccc(Cl)cc2)S1. The van der Waals surface area contributed by atoms with E-state index in [1.54, 1.807) is 11.8 Å². The summed E-state index contributed by atoms with van der Waals surface area (Å²) in [4.78, 5) is 8.24. The minimum atomic E-state index is 0.106. The van der Waals surface area contributed by atoms with E-state index in [1.165, 1.54) is 10.5 Å². The quantitative estimate of drug-likeness (QED) is 0.557. The van der Waals surface area contributed by atoms with Crippen molar-refractivity contribution in [2.24, 2.45) is 4.99 Å². The molecule has 0 amide bonds. The topological polar surface area (TPSA) is 15.6 Å². The van der Waals surface area contributed by atoms with Crippen LogP contribution in [-0.4, -0.2) is 10.1 Å². The van der Waals surface area contributed by atoms with E-state index in [1.807, 2.05) is 42.5 Å². The van der Waals surface area contributed by atoms with E-state index in [9.17, 15) is 0 Å². The van der Waals surface area contributed by atoms with Gasteiger partial charge in [0.2, 0.25) is 0 Å². The second kappa shape index (κ2) is 7.36. The minimum absolute atomic E-state index is 0.106. The maximum absolute atomic E-state index is 6.05. The molecule has 0 radical (unpaired) electrons. The van der Waals surface area contributed by atoms with Crippen molar-refractivity contribution in [3.63, 3.8) is 0 Å². The monoisotopic (exact) mass is 398 g/mol. The molecule has 0 bridgehead atoms. The molecule has 26 heavy (non-hydrogen) atoms. The van der Waals surface area contributed by atoms with Crippen molar-refractivity contribution in [3.8, 4) is 0 Å². The molecule has 2 aliphatic heterocycles. The summed E-state index contributed by atoms with van der Waals surface area (Å²) in [5.74, 6) is 0. The number of allylic oxidation sites excluding steroid dienone is 2. The molecule has 0 spiro atoms. The number of nitrogens with zero attached hydrogens (tertiary/aromatic N) is 2. The first-order chi connectivity index (χ1) is 12.6. The highest BCUT2D eigenvalue weighted by Crippen LogP contribution is 2.39. The first-order valence-corrected chi connectivity index (χ1v) is 9.80. The summed E-state index contributed by atoms with van der Waals surface area (Å²) in [6.45, 7) is 2.10. The normalized spacial score (nSPS) is 19.3. The molecule has 0 saturated heterocycles. The van der Waals surface area contributed by atoms with E-state index < -0.39 is 0 Å². The average Bonchev–Trinajstić information content (AvgIpc) is 3.01. The summed E-state index contributed by atoms with van der Waals surface area (Å²) in [5, 5.41) is 2.48. The van der Waals surface area contributed by atoms with Gasteiger partial charge in [-0.15, -0.1) is 0 Å². The van der Waals surface area contributed by atoms with Crippen molar-refractivity contribution in [2.75, 3.05) is 0 Å². The standard InChI is InChI=1S/C21H16Cl2N2S/c1-14-13-25-20(16-5-9-18(23)10-6-16)12-19(24-21(25)26-14)11-4-15-2-7-17(22)8-3-15/h2-13,20H,1H3/b11-4+. The van der Waals surface area contributed by atoms with Crippen LogP contribution in [0.1, 0.15) is 24.1 Å². The number of amidine groups is 1. The van der Waals surface area contributed by atoms with Gasteiger partial charge in [0.25, 0.3) is 0 Å². The molecule has 2 nitrogen and oxygen atoms in total. The number of thioether (sulfide) groups is 1. The second-order valence-corrected chi connectivity index (χ2v) is 8.20. The summed E-state index contributed by atoms with van der Waals surface area (Å²) in [5.41, 5.74) is 3.22. The Morgan fingerprint density at radius 2 is 1.62 bits per heavy atom. The van der Waals surface area contributed by atoms with E-state index in [4.69, 9.17) is 28.2 Å². The largest absolute Gasteiger partial charge is 0.315 e. The molecule has 0 saturated carbocycles. The molecule has 2 heterocycles. The Morgan fingerprint density at radius 3 is 2.31 bits per heavy atom. The van der Waals surface area contributed by atoms with Crippen LogP contribution in [0.4, 0.5) is 0 Å². The van der Waals surface area contributed by atoms with Gasteiger partial charge < -0.3 is 4.90 Å². The molecule has 2 aliphatic rings. The van der Waals surface area contributed by atoms with E-state index in [0.717, 1.165) is 26.5 Å². The zero-order chi connectivity index (χ0) is 18.1. The number of hydrogen-bond donors (Lipinski definition) is 0. The van der Waals surface area contributed by atoms with Crippen molar-refractivity contribution in [3.05, 3.63) is 98.7 Å². The van der Waals surface area contributed by atoms with Crippen LogP contribution in [0.3, 0.4) is 0 Å². The van der Waals surface area contributed by atoms with Crippen LogP contribution in [0.25, 0.3) is 6.08 Å². The third-order valence-corrected chi connectivity index (χ3v) is 5.59. The predicted molar refractivity (Wildman–Crippen MR) is 113 cm³/mol. The lowest BCUT2D eigenvalue weighted by Gasteiger charge is -2.29. The fraction of sp³-hybridized carbons (Fsp3) is 0.0952. The lowest BCUT2D eigenvalue weighted by molar-refractivity contribution is 0.485. The molecule has 0 aromatic heterocycles. The molecule has 130 valence electrons. The first kappa shape index (κ1) is 17.5. The van der Waals surface area contributed by atoms with Gasteiger partial charge in [0.05, 0.1) is 11.7 Å². The van der Waals surface area contributed by atoms with Gasteiger partial charge in [-0.25, -0.2) is 4.99 Å². The summed E-state index contributed by atoms with van der Waals surface area (Å²) < 4.78 is 0. The molecule has 2 aromatic carbocycles. The van der Waals surface area contributed by atoms with E-state index in [-0.39, 0.29) is 6.04 Å². The fourth-order valence-electron chi connectivity index (χ4n) is 2.91. The third kappa shape index (κ3) is 3.75. The molecule has 0 N–H and O–H groups in total. The van der Waals surface area contributed by atoms with Crippen LogP contribution < -0.4 is 0 Å². The Balaban J connectivity index is 1.67. The molecule has 1 unspecified atom stereocenters. The van der Waals surface area contributed by atoms with Crippen molar-refractivity contribution in [2.45, 2.75) is 13.0 Å². The molecule has 0 fully saturated rings. The van der Waals surface area contributed by atoms with Crippen LogP contribution in [0.5, 0.6) is 0 Å². The van der Waals surface area contributed by atoms with Crippen molar-refractivity contribution < 1.29 is 0 Å². The van der Waals surface area contributed by atoms with E-state index in [0.29, 0.717) is 0 Å². The number of rotatable bonds is 3. The van der Waals surface area contributed by atoms with Gasteiger partial charge in [0.1, 0.15) is 0 Å². The zero-order valence-corrected chi connectivity index (χ0v) is 16.4. The highest BCUT2D eigenvalue weighted by atomic mass is 35.5. The Morgan fingerprint density at radius 1 is 0.962 bits per heavy atom. The Bertz CT molecular complexity index is 941. The number of halogens is 2. The van der Waals surface area contributed by atoms with Crippen LogP contribution >= 0.6 is 35.0 Å². The summed E-state index contributed by atoms with van der Waals surface area (Å²) >= 11 is 13.7. The van der Waals surface area contributed by atoms with E-state index >= 15 is 0 Å².